The van der Waals surface area contributed by atoms with E-state index in [1.165, 1.54) is 29.4 Å². The van der Waals surface area contributed by atoms with E-state index in [1.54, 1.807) is 13.2 Å². The highest BCUT2D eigenvalue weighted by Crippen LogP contribution is 2.45. The van der Waals surface area contributed by atoms with Gasteiger partial charge in [-0.2, -0.15) is 9.97 Å². The summed E-state index contributed by atoms with van der Waals surface area (Å²) in [7, 11) is 3.10. The molecule has 5 N–H and O–H groups in total. The summed E-state index contributed by atoms with van der Waals surface area (Å²) in [5, 5.41) is 40.6. The molecule has 13 nitrogen and oxygen atoms in total. The minimum Gasteiger partial charge on any atom is -0.481 e. The normalized spacial score (nSPS) is 17.0. The Kier molecular flexibility index (Phi) is 12.6. The molecule has 0 unspecified atom stereocenters. The lowest BCUT2D eigenvalue weighted by molar-refractivity contribution is -0.140. The minimum absolute atomic E-state index is 0.127. The number of fused-ring (bicyclic) bond motifs is 2. The Balaban J connectivity index is 1.12. The molecule has 2 aromatic carbocycles. The Morgan fingerprint density at radius 3 is 1.80 bits per heavy atom. The maximum atomic E-state index is 10.8. The van der Waals surface area contributed by atoms with Crippen molar-refractivity contribution < 1.29 is 49.0 Å². The van der Waals surface area contributed by atoms with Crippen LogP contribution in [0.3, 0.4) is 0 Å². The molecule has 0 fully saturated rings. The van der Waals surface area contributed by atoms with Crippen LogP contribution in [0.15, 0.2) is 60.7 Å². The lowest BCUT2D eigenvalue weighted by atomic mass is 9.91. The molecule has 4 aromatic rings. The lowest BCUT2D eigenvalue weighted by Crippen LogP contribution is -2.28. The molecular weight excluding hydrogens is 694 g/mol. The second-order valence-electron chi connectivity index (χ2n) is 13.7. The smallest absolute Gasteiger partial charge is 0.306 e. The number of aryl methyl sites for hydroxylation is 1. The summed E-state index contributed by atoms with van der Waals surface area (Å²) in [4.78, 5) is 30.9. The van der Waals surface area contributed by atoms with E-state index in [0.29, 0.717) is 49.3 Å². The third-order valence-electron chi connectivity index (χ3n) is 9.96. The number of aliphatic hydroxyl groups is 2. The largest absolute Gasteiger partial charge is 0.481 e. The SMILES string of the molecule is COc1nc(O[C@H]2CCc3c(-c4cccc5c4CC[C@@H]5Oc4ccc(CNC[C@H](O)CC(=O)O)c(OC)n4)cccc32)ccc1CCC[C@H](O)CC(=O)O. The van der Waals surface area contributed by atoms with Gasteiger partial charge in [0.25, 0.3) is 0 Å². The first-order valence-electron chi connectivity index (χ1n) is 18.3. The Hall–Kier alpha value is -5.24. The van der Waals surface area contributed by atoms with E-state index in [-0.39, 0.29) is 31.6 Å². The molecule has 2 aliphatic rings. The molecule has 0 saturated heterocycles. The number of hydrogen-bond donors (Lipinski definition) is 5. The number of rotatable bonds is 19. The number of benzene rings is 2. The third kappa shape index (κ3) is 9.27. The number of aromatic nitrogens is 2. The Morgan fingerprint density at radius 2 is 1.26 bits per heavy atom. The van der Waals surface area contributed by atoms with Crippen LogP contribution in [0.25, 0.3) is 11.1 Å². The van der Waals surface area contributed by atoms with Crippen LogP contribution < -0.4 is 24.3 Å². The summed E-state index contributed by atoms with van der Waals surface area (Å²) in [6.45, 7) is 0.472. The summed E-state index contributed by atoms with van der Waals surface area (Å²) >= 11 is 0. The maximum Gasteiger partial charge on any atom is 0.306 e. The highest BCUT2D eigenvalue weighted by atomic mass is 16.5. The van der Waals surface area contributed by atoms with Crippen LogP contribution in [-0.4, -0.2) is 75.3 Å². The number of aliphatic hydroxyl groups excluding tert-OH is 2. The molecule has 6 rings (SSSR count). The summed E-state index contributed by atoms with van der Waals surface area (Å²) < 4.78 is 24.0. The highest BCUT2D eigenvalue weighted by Gasteiger charge is 2.31. The second kappa shape index (κ2) is 17.7. The zero-order chi connectivity index (χ0) is 38.2. The molecule has 4 atom stereocenters. The van der Waals surface area contributed by atoms with Crippen molar-refractivity contribution in [1.29, 1.82) is 0 Å². The number of aliphatic carboxylic acids is 2. The monoisotopic (exact) mass is 741 g/mol. The van der Waals surface area contributed by atoms with Crippen molar-refractivity contribution in [2.75, 3.05) is 20.8 Å². The van der Waals surface area contributed by atoms with Gasteiger partial charge >= 0.3 is 11.9 Å². The van der Waals surface area contributed by atoms with E-state index in [0.717, 1.165) is 47.9 Å². The van der Waals surface area contributed by atoms with Crippen LogP contribution in [0.4, 0.5) is 0 Å². The lowest BCUT2D eigenvalue weighted by Gasteiger charge is -2.18. The standard InChI is InChI=1S/C41H47N3O10/c1-51-40-24(6-3-7-26(45)20-38(47)48)12-18-36(43-40)53-34-16-14-30-28(8-4-10-32(30)34)29-9-5-11-33-31(29)15-17-35(33)54-37-19-13-25(41(44-37)52-2)22-42-23-27(46)21-39(49)50/h4-5,8-13,18-19,26-27,34-35,42,45-46H,3,6-7,14-17,20-23H2,1-2H3,(H,47,48)(H,49,50)/t26-,27+,34-,35-/m0/s1. The van der Waals surface area contributed by atoms with Crippen LogP contribution in [-0.2, 0) is 35.4 Å². The van der Waals surface area contributed by atoms with Gasteiger partial charge in [0.2, 0.25) is 23.5 Å². The molecule has 0 saturated carbocycles. The van der Waals surface area contributed by atoms with Gasteiger partial charge < -0.3 is 44.7 Å². The summed E-state index contributed by atoms with van der Waals surface area (Å²) in [6, 6.07) is 20.1. The number of methoxy groups -OCH3 is 2. The summed E-state index contributed by atoms with van der Waals surface area (Å²) in [6.07, 6.45) is 2.06. The number of hydrogen-bond acceptors (Lipinski definition) is 11. The average Bonchev–Trinajstić information content (AvgIpc) is 3.76. The predicted octanol–water partition coefficient (Wildman–Crippen LogP) is 5.38. The van der Waals surface area contributed by atoms with Crippen molar-refractivity contribution in [3.63, 3.8) is 0 Å². The molecule has 0 spiro atoms. The van der Waals surface area contributed by atoms with Gasteiger partial charge in [-0.05, 0) is 90.5 Å². The Morgan fingerprint density at radius 1 is 0.741 bits per heavy atom. The van der Waals surface area contributed by atoms with Crippen LogP contribution in [0.1, 0.15) is 84.1 Å². The Bertz CT molecular complexity index is 1810. The first kappa shape index (κ1) is 38.5. The topological polar surface area (TPSA) is 190 Å². The van der Waals surface area contributed by atoms with Crippen LogP contribution in [0.2, 0.25) is 0 Å². The van der Waals surface area contributed by atoms with Crippen LogP contribution >= 0.6 is 0 Å². The van der Waals surface area contributed by atoms with Gasteiger partial charge in [0.1, 0.15) is 12.2 Å². The first-order valence-corrected chi connectivity index (χ1v) is 18.3. The minimum atomic E-state index is -1.06. The van der Waals surface area contributed by atoms with Crippen molar-refractivity contribution in [2.24, 2.45) is 0 Å². The maximum absolute atomic E-state index is 10.8. The van der Waals surface area contributed by atoms with Gasteiger partial charge in [-0.15, -0.1) is 0 Å². The van der Waals surface area contributed by atoms with Crippen molar-refractivity contribution in [3.8, 4) is 34.6 Å². The second-order valence-corrected chi connectivity index (χ2v) is 13.7. The fourth-order valence-electron chi connectivity index (χ4n) is 7.47. The molecule has 2 aromatic heterocycles. The molecule has 286 valence electrons. The molecule has 0 bridgehead atoms. The van der Waals surface area contributed by atoms with Crippen molar-refractivity contribution in [2.45, 2.75) is 88.7 Å². The molecule has 0 radical (unpaired) electrons. The van der Waals surface area contributed by atoms with Gasteiger partial charge in [0, 0.05) is 36.3 Å². The fourth-order valence-corrected chi connectivity index (χ4v) is 7.47. The zero-order valence-corrected chi connectivity index (χ0v) is 30.5. The molecule has 2 aliphatic carbocycles. The molecule has 13 heteroatoms. The first-order chi connectivity index (χ1) is 26.1. The summed E-state index contributed by atoms with van der Waals surface area (Å²) in [5.41, 5.74) is 8.78. The van der Waals surface area contributed by atoms with Crippen LogP contribution in [0.5, 0.6) is 23.5 Å². The number of nitrogens with zero attached hydrogens (tertiary/aromatic N) is 2. The van der Waals surface area contributed by atoms with Gasteiger partial charge in [-0.1, -0.05) is 36.4 Å². The van der Waals surface area contributed by atoms with E-state index >= 15 is 0 Å². The van der Waals surface area contributed by atoms with E-state index in [1.807, 2.05) is 18.2 Å². The van der Waals surface area contributed by atoms with Crippen molar-refractivity contribution in [3.05, 3.63) is 94.0 Å². The number of carboxylic acid groups (broad SMARTS) is 2. The van der Waals surface area contributed by atoms with Gasteiger partial charge in [0.15, 0.2) is 0 Å². The van der Waals surface area contributed by atoms with E-state index < -0.39 is 24.1 Å². The number of pyridine rings is 2. The van der Waals surface area contributed by atoms with Gasteiger partial charge in [0.05, 0.1) is 39.3 Å². The number of carboxylic acids is 2. The average molecular weight is 742 g/mol. The molecule has 2 heterocycles. The number of nitrogens with one attached hydrogen (secondary N) is 1. The van der Waals surface area contributed by atoms with E-state index in [9.17, 15) is 19.8 Å². The molecular formula is C41H47N3O10. The van der Waals surface area contributed by atoms with Crippen molar-refractivity contribution >= 4 is 11.9 Å². The van der Waals surface area contributed by atoms with Gasteiger partial charge in [-0.3, -0.25) is 9.59 Å². The molecule has 54 heavy (non-hydrogen) atoms. The van der Waals surface area contributed by atoms with Crippen molar-refractivity contribution in [1.82, 2.24) is 15.3 Å². The quantitative estimate of drug-likeness (QED) is 0.0825. The van der Waals surface area contributed by atoms with E-state index in [4.69, 9.17) is 29.2 Å². The zero-order valence-electron chi connectivity index (χ0n) is 30.5. The van der Waals surface area contributed by atoms with Gasteiger partial charge in [-0.25, -0.2) is 0 Å². The van der Waals surface area contributed by atoms with E-state index in [2.05, 4.69) is 51.7 Å². The predicted molar refractivity (Wildman–Crippen MR) is 198 cm³/mol. The third-order valence-corrected chi connectivity index (χ3v) is 9.96. The number of ether oxygens (including phenoxy) is 4. The highest BCUT2D eigenvalue weighted by molar-refractivity contribution is 5.75. The van der Waals surface area contributed by atoms with Crippen LogP contribution in [0, 0.1) is 0 Å². The molecule has 0 amide bonds. The number of carbonyl (C=O) groups is 2. The molecule has 0 aliphatic heterocycles. The fraction of sp³-hybridized carbons (Fsp3) is 0.415. The summed E-state index contributed by atoms with van der Waals surface area (Å²) in [5.74, 6) is -0.312. The Labute approximate surface area is 313 Å².